The minimum atomic E-state index is 0.0608. The molecule has 0 bridgehead atoms. The Morgan fingerprint density at radius 2 is 2.00 bits per heavy atom. The van der Waals surface area contributed by atoms with Gasteiger partial charge in [0.05, 0.1) is 12.7 Å². The van der Waals surface area contributed by atoms with E-state index in [0.717, 1.165) is 33.8 Å². The summed E-state index contributed by atoms with van der Waals surface area (Å²) in [6.45, 7) is 5.39. The minimum absolute atomic E-state index is 0.0608. The molecule has 1 aromatic carbocycles. The van der Waals surface area contributed by atoms with Crippen molar-refractivity contribution in [3.05, 3.63) is 59.4 Å². The van der Waals surface area contributed by atoms with Gasteiger partial charge < -0.3 is 10.2 Å². The summed E-state index contributed by atoms with van der Waals surface area (Å²) in [4.78, 5) is 18.7. The van der Waals surface area contributed by atoms with E-state index in [1.54, 1.807) is 16.9 Å². The lowest BCUT2D eigenvalue weighted by atomic mass is 10.0. The summed E-state index contributed by atoms with van der Waals surface area (Å²) in [5.41, 5.74) is 4.75. The van der Waals surface area contributed by atoms with E-state index in [0.29, 0.717) is 13.1 Å². The number of amides is 1. The van der Waals surface area contributed by atoms with Gasteiger partial charge in [-0.25, -0.2) is 4.98 Å². The molecular weight excluding hydrogens is 340 g/mol. The normalized spacial score (nSPS) is 14.3. The van der Waals surface area contributed by atoms with Crippen molar-refractivity contribution >= 4 is 11.7 Å². The van der Waals surface area contributed by atoms with Crippen molar-refractivity contribution in [1.82, 2.24) is 24.9 Å². The van der Waals surface area contributed by atoms with Crippen LogP contribution in [0, 0.1) is 0 Å². The molecule has 0 spiro atoms. The van der Waals surface area contributed by atoms with Gasteiger partial charge in [-0.2, -0.15) is 0 Å². The van der Waals surface area contributed by atoms with Crippen molar-refractivity contribution in [3.63, 3.8) is 0 Å². The quantitative estimate of drug-likeness (QED) is 0.755. The summed E-state index contributed by atoms with van der Waals surface area (Å²) in [6.07, 6.45) is 3.59. The van der Waals surface area contributed by atoms with Crippen LogP contribution in [0.4, 0.5) is 5.82 Å². The van der Waals surface area contributed by atoms with Crippen LogP contribution in [0.2, 0.25) is 0 Å². The number of pyridine rings is 1. The number of benzene rings is 1. The number of carbonyl (C=O) groups is 1. The number of hydrogen-bond donors (Lipinski definition) is 1. The van der Waals surface area contributed by atoms with Crippen LogP contribution in [0.3, 0.4) is 0 Å². The van der Waals surface area contributed by atoms with Gasteiger partial charge in [0.25, 0.3) is 5.91 Å². The highest BCUT2D eigenvalue weighted by Gasteiger charge is 2.29. The number of anilines is 1. The molecule has 1 unspecified atom stereocenters. The highest BCUT2D eigenvalue weighted by molar-refractivity contribution is 5.99. The van der Waals surface area contributed by atoms with Crippen molar-refractivity contribution in [2.24, 2.45) is 7.05 Å². The van der Waals surface area contributed by atoms with Gasteiger partial charge in [0.15, 0.2) is 0 Å². The Kier molecular flexibility index (Phi) is 4.35. The maximum atomic E-state index is 12.4. The number of carbonyl (C=O) groups excluding carboxylic acids is 1. The van der Waals surface area contributed by atoms with Crippen molar-refractivity contribution in [2.45, 2.75) is 26.4 Å². The van der Waals surface area contributed by atoms with Gasteiger partial charge in [-0.1, -0.05) is 29.5 Å². The van der Waals surface area contributed by atoms with Crippen LogP contribution >= 0.6 is 0 Å². The molecule has 3 heterocycles. The maximum absolute atomic E-state index is 12.4. The lowest BCUT2D eigenvalue weighted by Gasteiger charge is -2.17. The molecule has 1 aliphatic heterocycles. The Morgan fingerprint density at radius 1 is 1.22 bits per heavy atom. The zero-order valence-corrected chi connectivity index (χ0v) is 15.7. The van der Waals surface area contributed by atoms with Gasteiger partial charge in [0.1, 0.15) is 11.5 Å². The first-order valence-corrected chi connectivity index (χ1v) is 9.07. The zero-order valence-electron chi connectivity index (χ0n) is 15.7. The van der Waals surface area contributed by atoms with Crippen LogP contribution in [0.1, 0.15) is 41.4 Å². The molecule has 0 fully saturated rings. The van der Waals surface area contributed by atoms with E-state index in [1.165, 1.54) is 0 Å². The number of aromatic nitrogens is 4. The maximum Gasteiger partial charge on any atom is 0.254 e. The van der Waals surface area contributed by atoms with E-state index in [9.17, 15) is 4.79 Å². The van der Waals surface area contributed by atoms with E-state index in [2.05, 4.69) is 39.7 Å². The predicted octanol–water partition coefficient (Wildman–Crippen LogP) is 3.03. The van der Waals surface area contributed by atoms with Gasteiger partial charge in [-0.05, 0) is 25.5 Å². The van der Waals surface area contributed by atoms with E-state index < -0.39 is 0 Å². The van der Waals surface area contributed by atoms with Crippen LogP contribution in [0.5, 0.6) is 0 Å². The Labute approximate surface area is 158 Å². The van der Waals surface area contributed by atoms with Crippen LogP contribution in [0.25, 0.3) is 11.3 Å². The van der Waals surface area contributed by atoms with Gasteiger partial charge >= 0.3 is 0 Å². The van der Waals surface area contributed by atoms with Crippen molar-refractivity contribution in [2.75, 3.05) is 11.9 Å². The predicted molar refractivity (Wildman–Crippen MR) is 103 cm³/mol. The molecule has 1 atom stereocenters. The molecule has 0 saturated heterocycles. The molecule has 0 aliphatic carbocycles. The zero-order chi connectivity index (χ0) is 19.0. The Bertz CT molecular complexity index is 978. The number of aryl methyl sites for hydroxylation is 1. The van der Waals surface area contributed by atoms with Crippen LogP contribution in [0.15, 0.2) is 42.7 Å². The molecular formula is C20H22N6O. The minimum Gasteiger partial charge on any atom is -0.363 e. The second-order valence-electron chi connectivity index (χ2n) is 6.77. The summed E-state index contributed by atoms with van der Waals surface area (Å²) in [6, 6.07) is 10.1. The van der Waals surface area contributed by atoms with E-state index >= 15 is 0 Å². The molecule has 1 amide bonds. The molecule has 4 rings (SSSR count). The third-order valence-electron chi connectivity index (χ3n) is 4.97. The van der Waals surface area contributed by atoms with E-state index in [-0.39, 0.29) is 11.9 Å². The molecule has 27 heavy (non-hydrogen) atoms. The lowest BCUT2D eigenvalue weighted by Crippen LogP contribution is -2.22. The van der Waals surface area contributed by atoms with Gasteiger partial charge in [0.2, 0.25) is 0 Å². The van der Waals surface area contributed by atoms with Gasteiger partial charge in [-0.3, -0.25) is 9.48 Å². The molecule has 138 valence electrons. The summed E-state index contributed by atoms with van der Waals surface area (Å²) < 4.78 is 1.69. The summed E-state index contributed by atoms with van der Waals surface area (Å²) in [5.74, 6) is 0.862. The monoisotopic (exact) mass is 362 g/mol. The molecule has 2 aromatic heterocycles. The number of rotatable bonds is 5. The third kappa shape index (κ3) is 3.16. The Morgan fingerprint density at radius 3 is 2.67 bits per heavy atom. The fourth-order valence-electron chi connectivity index (χ4n) is 3.38. The number of nitrogens with zero attached hydrogens (tertiary/aromatic N) is 5. The molecule has 7 nitrogen and oxygen atoms in total. The highest BCUT2D eigenvalue weighted by atomic mass is 16.2. The molecule has 1 N–H and O–H groups in total. The second-order valence-corrected chi connectivity index (χ2v) is 6.77. The average molecular weight is 362 g/mol. The summed E-state index contributed by atoms with van der Waals surface area (Å²) in [5, 5.41) is 11.6. The fraction of sp³-hybridized carbons (Fsp3) is 0.300. The first kappa shape index (κ1) is 17.2. The van der Waals surface area contributed by atoms with Crippen molar-refractivity contribution in [1.29, 1.82) is 0 Å². The summed E-state index contributed by atoms with van der Waals surface area (Å²) >= 11 is 0. The summed E-state index contributed by atoms with van der Waals surface area (Å²) in [7, 11) is 1.85. The lowest BCUT2D eigenvalue weighted by molar-refractivity contribution is 0.0787. The first-order valence-electron chi connectivity index (χ1n) is 9.07. The van der Waals surface area contributed by atoms with Gasteiger partial charge in [-0.15, -0.1) is 5.10 Å². The largest absolute Gasteiger partial charge is 0.363 e. The van der Waals surface area contributed by atoms with Crippen LogP contribution < -0.4 is 5.32 Å². The molecule has 3 aromatic rings. The smallest absolute Gasteiger partial charge is 0.254 e. The van der Waals surface area contributed by atoms with Crippen LogP contribution in [-0.4, -0.2) is 37.3 Å². The molecule has 7 heteroatoms. The average Bonchev–Trinajstić information content (AvgIpc) is 3.26. The second kappa shape index (κ2) is 6.83. The Hall–Kier alpha value is -3.22. The highest BCUT2D eigenvalue weighted by Crippen LogP contribution is 2.30. The molecule has 1 aliphatic rings. The Balaban J connectivity index is 1.54. The number of hydrogen-bond acceptors (Lipinski definition) is 5. The van der Waals surface area contributed by atoms with Crippen LogP contribution in [-0.2, 0) is 13.6 Å². The standard InChI is InChI=1S/C20H22N6O/c1-4-26-11-17-16(20(26)27)9-10-21-19(17)22-13(2)14-5-7-15(8-6-14)18-12-25(3)24-23-18/h5-10,12-13H,4,11H2,1-3H3,(H,21,22). The molecule has 0 radical (unpaired) electrons. The molecule has 0 saturated carbocycles. The van der Waals surface area contributed by atoms with Gasteiger partial charge in [0, 0.05) is 42.5 Å². The third-order valence-corrected chi connectivity index (χ3v) is 4.97. The van der Waals surface area contributed by atoms with E-state index in [1.807, 2.05) is 37.2 Å². The van der Waals surface area contributed by atoms with Crippen molar-refractivity contribution in [3.8, 4) is 11.3 Å². The first-order chi connectivity index (χ1) is 13.1. The van der Waals surface area contributed by atoms with Crippen molar-refractivity contribution < 1.29 is 4.79 Å². The number of nitrogens with one attached hydrogen (secondary N) is 1. The topological polar surface area (TPSA) is 75.9 Å². The SMILES string of the molecule is CCN1Cc2c(ccnc2NC(C)c2ccc(-c3cn(C)nn3)cc2)C1=O. The van der Waals surface area contributed by atoms with E-state index in [4.69, 9.17) is 0 Å². The fourth-order valence-corrected chi connectivity index (χ4v) is 3.38. The number of fused-ring (bicyclic) bond motifs is 1.